The summed E-state index contributed by atoms with van der Waals surface area (Å²) in [6.45, 7) is 4.01. The van der Waals surface area contributed by atoms with Crippen LogP contribution in [0.25, 0.3) is 0 Å². The van der Waals surface area contributed by atoms with E-state index in [2.05, 4.69) is 9.97 Å². The first kappa shape index (κ1) is 9.44. The summed E-state index contributed by atoms with van der Waals surface area (Å²) >= 11 is 0. The Morgan fingerprint density at radius 1 is 1.57 bits per heavy atom. The Balaban J connectivity index is 2.21. The van der Waals surface area contributed by atoms with E-state index in [4.69, 9.17) is 0 Å². The first-order valence-corrected chi connectivity index (χ1v) is 5.25. The van der Waals surface area contributed by atoms with Crippen LogP contribution in [0, 0.1) is 5.92 Å². The molecule has 1 N–H and O–H groups in total. The highest BCUT2D eigenvalue weighted by atomic mass is 16.1. The Labute approximate surface area is 83.6 Å². The molecule has 1 aromatic rings. The highest BCUT2D eigenvalue weighted by Gasteiger charge is 2.22. The lowest BCUT2D eigenvalue weighted by Crippen LogP contribution is -2.17. The Kier molecular flexibility index (Phi) is 2.40. The molecule has 1 aromatic heterocycles. The molecule has 0 saturated heterocycles. The van der Waals surface area contributed by atoms with Crippen molar-refractivity contribution in [3.8, 4) is 0 Å². The van der Waals surface area contributed by atoms with Crippen molar-refractivity contribution in [2.75, 3.05) is 0 Å². The highest BCUT2D eigenvalue weighted by molar-refractivity contribution is 5.10. The van der Waals surface area contributed by atoms with Crippen molar-refractivity contribution in [1.29, 1.82) is 0 Å². The zero-order chi connectivity index (χ0) is 10.1. The van der Waals surface area contributed by atoms with Crippen LogP contribution in [0.15, 0.2) is 11.0 Å². The van der Waals surface area contributed by atoms with Gasteiger partial charge >= 0.3 is 0 Å². The van der Waals surface area contributed by atoms with Crippen molar-refractivity contribution in [2.45, 2.75) is 39.0 Å². The number of hydrogen-bond acceptors (Lipinski definition) is 2. The first-order valence-electron chi connectivity index (χ1n) is 5.25. The van der Waals surface area contributed by atoms with E-state index < -0.39 is 0 Å². The summed E-state index contributed by atoms with van der Waals surface area (Å²) in [5, 5.41) is 0. The van der Waals surface area contributed by atoms with E-state index in [0.29, 0.717) is 0 Å². The average molecular weight is 192 g/mol. The molecule has 0 bridgehead atoms. The van der Waals surface area contributed by atoms with Gasteiger partial charge in [0, 0.05) is 18.2 Å². The molecule has 1 heterocycles. The fraction of sp³-hybridized carbons (Fsp3) is 0.636. The second kappa shape index (κ2) is 3.56. The smallest absolute Gasteiger partial charge is 0.254 e. The number of rotatable bonds is 3. The largest absolute Gasteiger partial charge is 0.310 e. The fourth-order valence-electron chi connectivity index (χ4n) is 1.55. The van der Waals surface area contributed by atoms with Gasteiger partial charge in [0.25, 0.3) is 5.56 Å². The Bertz CT molecular complexity index is 377. The zero-order valence-electron chi connectivity index (χ0n) is 8.71. The quantitative estimate of drug-likeness (QED) is 0.794. The van der Waals surface area contributed by atoms with Crippen LogP contribution in [-0.2, 0) is 6.42 Å². The van der Waals surface area contributed by atoms with Crippen LogP contribution in [0.5, 0.6) is 0 Å². The van der Waals surface area contributed by atoms with Crippen molar-refractivity contribution in [3.05, 3.63) is 27.9 Å². The third-order valence-electron chi connectivity index (χ3n) is 2.68. The normalized spacial score (nSPS) is 16.2. The summed E-state index contributed by atoms with van der Waals surface area (Å²) in [7, 11) is 0. The number of aromatic amines is 1. The van der Waals surface area contributed by atoms with E-state index in [1.165, 1.54) is 12.8 Å². The fourth-order valence-corrected chi connectivity index (χ4v) is 1.55. The van der Waals surface area contributed by atoms with Crippen LogP contribution in [0.3, 0.4) is 0 Å². The molecule has 1 fully saturated rings. The van der Waals surface area contributed by atoms with Crippen molar-refractivity contribution < 1.29 is 0 Å². The van der Waals surface area contributed by atoms with Gasteiger partial charge in [0.15, 0.2) is 0 Å². The van der Waals surface area contributed by atoms with Crippen LogP contribution in [0.2, 0.25) is 0 Å². The molecule has 0 unspecified atom stereocenters. The predicted octanol–water partition coefficient (Wildman–Crippen LogP) is 1.85. The first-order chi connectivity index (χ1) is 6.66. The van der Waals surface area contributed by atoms with Gasteiger partial charge in [0.2, 0.25) is 0 Å². The minimum atomic E-state index is 0.0330. The molecular formula is C11H16N2O. The molecule has 0 spiro atoms. The van der Waals surface area contributed by atoms with Gasteiger partial charge in [0.05, 0.1) is 0 Å². The van der Waals surface area contributed by atoms with E-state index in [9.17, 15) is 4.79 Å². The van der Waals surface area contributed by atoms with E-state index in [-0.39, 0.29) is 11.5 Å². The molecule has 1 saturated carbocycles. The van der Waals surface area contributed by atoms with Gasteiger partial charge in [-0.15, -0.1) is 0 Å². The van der Waals surface area contributed by atoms with Crippen molar-refractivity contribution >= 4 is 0 Å². The predicted molar refractivity (Wildman–Crippen MR) is 55.4 cm³/mol. The van der Waals surface area contributed by atoms with Crippen molar-refractivity contribution in [3.63, 3.8) is 0 Å². The van der Waals surface area contributed by atoms with E-state index in [1.807, 2.05) is 13.8 Å². The molecule has 1 aliphatic carbocycles. The van der Waals surface area contributed by atoms with Crippen LogP contribution in [0.1, 0.15) is 44.0 Å². The lowest BCUT2D eigenvalue weighted by molar-refractivity contribution is 0.743. The standard InChI is InChI=1S/C11H16N2O/c1-7(2)9-6-12-10(13-11(9)14)5-8-3-4-8/h6-8H,3-5H2,1-2H3,(H,12,13,14). The third-order valence-corrected chi connectivity index (χ3v) is 2.68. The summed E-state index contributed by atoms with van der Waals surface area (Å²) in [5.41, 5.74) is 0.815. The average Bonchev–Trinajstić information content (AvgIpc) is 2.87. The molecule has 76 valence electrons. The molecular weight excluding hydrogens is 176 g/mol. The molecule has 0 aromatic carbocycles. The molecule has 1 aliphatic rings. The highest BCUT2D eigenvalue weighted by Crippen LogP contribution is 2.31. The zero-order valence-corrected chi connectivity index (χ0v) is 8.71. The lowest BCUT2D eigenvalue weighted by atomic mass is 10.1. The van der Waals surface area contributed by atoms with Crippen LogP contribution in [-0.4, -0.2) is 9.97 Å². The van der Waals surface area contributed by atoms with Crippen molar-refractivity contribution in [1.82, 2.24) is 9.97 Å². The van der Waals surface area contributed by atoms with Gasteiger partial charge in [-0.2, -0.15) is 0 Å². The Morgan fingerprint density at radius 3 is 2.79 bits per heavy atom. The summed E-state index contributed by atoms with van der Waals surface area (Å²) in [6.07, 6.45) is 5.24. The lowest BCUT2D eigenvalue weighted by Gasteiger charge is -2.04. The maximum absolute atomic E-state index is 11.6. The summed E-state index contributed by atoms with van der Waals surface area (Å²) < 4.78 is 0. The molecule has 3 heteroatoms. The van der Waals surface area contributed by atoms with Crippen LogP contribution in [0.4, 0.5) is 0 Å². The molecule has 0 radical (unpaired) electrons. The van der Waals surface area contributed by atoms with Gasteiger partial charge < -0.3 is 4.98 Å². The SMILES string of the molecule is CC(C)c1cnc(CC2CC2)[nH]c1=O. The molecule has 3 nitrogen and oxygen atoms in total. The minimum Gasteiger partial charge on any atom is -0.310 e. The number of hydrogen-bond donors (Lipinski definition) is 1. The monoisotopic (exact) mass is 192 g/mol. The Hall–Kier alpha value is -1.12. The van der Waals surface area contributed by atoms with Gasteiger partial charge in [-0.25, -0.2) is 4.98 Å². The number of nitrogens with zero attached hydrogens (tertiary/aromatic N) is 1. The molecule has 0 aliphatic heterocycles. The number of aromatic nitrogens is 2. The van der Waals surface area contributed by atoms with Gasteiger partial charge in [-0.3, -0.25) is 4.79 Å². The van der Waals surface area contributed by atoms with E-state index in [1.54, 1.807) is 6.20 Å². The van der Waals surface area contributed by atoms with Gasteiger partial charge in [-0.05, 0) is 24.7 Å². The summed E-state index contributed by atoms with van der Waals surface area (Å²) in [6, 6.07) is 0. The number of nitrogens with one attached hydrogen (secondary N) is 1. The summed E-state index contributed by atoms with van der Waals surface area (Å²) in [5.74, 6) is 1.87. The Morgan fingerprint density at radius 2 is 2.29 bits per heavy atom. The van der Waals surface area contributed by atoms with Gasteiger partial charge in [-0.1, -0.05) is 13.8 Å². The van der Waals surface area contributed by atoms with Gasteiger partial charge in [0.1, 0.15) is 5.82 Å². The molecule has 0 amide bonds. The topological polar surface area (TPSA) is 45.8 Å². The minimum absolute atomic E-state index is 0.0330. The van der Waals surface area contributed by atoms with Crippen LogP contribution >= 0.6 is 0 Å². The maximum atomic E-state index is 11.6. The molecule has 2 rings (SSSR count). The summed E-state index contributed by atoms with van der Waals surface area (Å²) in [4.78, 5) is 18.7. The molecule has 14 heavy (non-hydrogen) atoms. The number of H-pyrrole nitrogens is 1. The van der Waals surface area contributed by atoms with Crippen molar-refractivity contribution in [2.24, 2.45) is 5.92 Å². The van der Waals surface area contributed by atoms with E-state index in [0.717, 1.165) is 23.7 Å². The third kappa shape index (κ3) is 2.03. The second-order valence-electron chi connectivity index (χ2n) is 4.42. The maximum Gasteiger partial charge on any atom is 0.254 e. The van der Waals surface area contributed by atoms with Crippen LogP contribution < -0.4 is 5.56 Å². The molecule has 0 atom stereocenters. The van der Waals surface area contributed by atoms with E-state index >= 15 is 0 Å². The second-order valence-corrected chi connectivity index (χ2v) is 4.42.